The Kier molecular flexibility index (Phi) is 8.18. The minimum Gasteiger partial charge on any atom is -0.396 e. The van der Waals surface area contributed by atoms with Crippen LogP contribution in [0.1, 0.15) is 52.9 Å². The van der Waals surface area contributed by atoms with Gasteiger partial charge < -0.3 is 20.5 Å². The van der Waals surface area contributed by atoms with Gasteiger partial charge in [-0.1, -0.05) is 26.7 Å². The van der Waals surface area contributed by atoms with Gasteiger partial charge in [0.25, 0.3) is 0 Å². The topological polar surface area (TPSA) is 65.9 Å². The second-order valence-electron chi connectivity index (χ2n) is 7.32. The summed E-state index contributed by atoms with van der Waals surface area (Å²) in [5, 5.41) is 16.2. The maximum absolute atomic E-state index is 9.35. The standard InChI is InChI=1S/C17H35N3O2/c1-5-18-15(19-12-16(2,3)14-21)20-13-17(10-11-22-4)8-6-7-9-17/h21H,5-14H2,1-4H3,(H2,18,19,20). The predicted octanol–water partition coefficient (Wildman–Crippen LogP) is 2.16. The molecule has 0 saturated heterocycles. The summed E-state index contributed by atoms with van der Waals surface area (Å²) in [4.78, 5) is 4.63. The Morgan fingerprint density at radius 1 is 1.27 bits per heavy atom. The number of hydrogen-bond acceptors (Lipinski definition) is 3. The molecule has 22 heavy (non-hydrogen) atoms. The van der Waals surface area contributed by atoms with Crippen molar-refractivity contribution in [3.8, 4) is 0 Å². The first-order valence-electron chi connectivity index (χ1n) is 8.59. The van der Waals surface area contributed by atoms with Crippen molar-refractivity contribution in [3.63, 3.8) is 0 Å². The summed E-state index contributed by atoms with van der Waals surface area (Å²) in [5.41, 5.74) is 0.169. The van der Waals surface area contributed by atoms with Crippen LogP contribution < -0.4 is 10.6 Å². The highest BCUT2D eigenvalue weighted by Crippen LogP contribution is 2.40. The Bertz CT molecular complexity index is 337. The SMILES string of the molecule is CCNC(=NCC(C)(C)CO)NCC1(CCOC)CCCC1. The summed E-state index contributed by atoms with van der Waals surface area (Å²) in [6.07, 6.45) is 6.28. The number of ether oxygens (including phenoxy) is 1. The number of aliphatic hydroxyl groups excluding tert-OH is 1. The second-order valence-corrected chi connectivity index (χ2v) is 7.32. The maximum Gasteiger partial charge on any atom is 0.191 e. The van der Waals surface area contributed by atoms with Crippen molar-refractivity contribution < 1.29 is 9.84 Å². The molecule has 0 radical (unpaired) electrons. The van der Waals surface area contributed by atoms with Gasteiger partial charge in [0, 0.05) is 38.8 Å². The molecule has 5 heteroatoms. The lowest BCUT2D eigenvalue weighted by Gasteiger charge is -2.30. The van der Waals surface area contributed by atoms with Crippen LogP contribution in [0.5, 0.6) is 0 Å². The van der Waals surface area contributed by atoms with E-state index in [1.807, 2.05) is 13.8 Å². The van der Waals surface area contributed by atoms with Crippen LogP contribution in [-0.4, -0.2) is 51.0 Å². The number of methoxy groups -OCH3 is 1. The fourth-order valence-corrected chi connectivity index (χ4v) is 2.91. The van der Waals surface area contributed by atoms with E-state index in [9.17, 15) is 5.11 Å². The van der Waals surface area contributed by atoms with Crippen LogP contribution in [0.15, 0.2) is 4.99 Å². The van der Waals surface area contributed by atoms with Gasteiger partial charge in [0.1, 0.15) is 0 Å². The average Bonchev–Trinajstić information content (AvgIpc) is 2.97. The summed E-state index contributed by atoms with van der Waals surface area (Å²) >= 11 is 0. The molecule has 0 amide bonds. The van der Waals surface area contributed by atoms with E-state index in [-0.39, 0.29) is 12.0 Å². The van der Waals surface area contributed by atoms with Gasteiger partial charge >= 0.3 is 0 Å². The van der Waals surface area contributed by atoms with Crippen molar-refractivity contribution in [1.82, 2.24) is 10.6 Å². The quantitative estimate of drug-likeness (QED) is 0.451. The van der Waals surface area contributed by atoms with Crippen LogP contribution in [-0.2, 0) is 4.74 Å². The first-order chi connectivity index (χ1) is 10.5. The predicted molar refractivity (Wildman–Crippen MR) is 92.2 cm³/mol. The first-order valence-corrected chi connectivity index (χ1v) is 8.59. The zero-order valence-electron chi connectivity index (χ0n) is 14.9. The van der Waals surface area contributed by atoms with Crippen LogP contribution in [0.25, 0.3) is 0 Å². The molecule has 0 atom stereocenters. The Hall–Kier alpha value is -0.810. The third-order valence-corrected chi connectivity index (χ3v) is 4.57. The molecule has 1 fully saturated rings. The van der Waals surface area contributed by atoms with Crippen molar-refractivity contribution in [1.29, 1.82) is 0 Å². The Morgan fingerprint density at radius 3 is 2.50 bits per heavy atom. The van der Waals surface area contributed by atoms with E-state index in [4.69, 9.17) is 4.74 Å². The van der Waals surface area contributed by atoms with E-state index in [1.165, 1.54) is 25.7 Å². The lowest BCUT2D eigenvalue weighted by atomic mass is 9.83. The molecule has 5 nitrogen and oxygen atoms in total. The summed E-state index contributed by atoms with van der Waals surface area (Å²) in [7, 11) is 1.78. The van der Waals surface area contributed by atoms with Crippen LogP contribution in [0.4, 0.5) is 0 Å². The zero-order valence-corrected chi connectivity index (χ0v) is 14.9. The van der Waals surface area contributed by atoms with Gasteiger partial charge in [0.05, 0.1) is 6.54 Å². The van der Waals surface area contributed by atoms with Crippen molar-refractivity contribution in [2.45, 2.75) is 52.9 Å². The number of rotatable bonds is 9. The number of guanidine groups is 1. The molecule has 0 bridgehead atoms. The number of nitrogens with one attached hydrogen (secondary N) is 2. The second kappa shape index (κ2) is 9.36. The molecule has 0 spiro atoms. The summed E-state index contributed by atoms with van der Waals surface area (Å²) in [5.74, 6) is 0.854. The molecule has 0 aromatic rings. The molecule has 0 aromatic carbocycles. The third-order valence-electron chi connectivity index (χ3n) is 4.57. The monoisotopic (exact) mass is 313 g/mol. The van der Waals surface area contributed by atoms with Gasteiger partial charge in [-0.05, 0) is 31.6 Å². The van der Waals surface area contributed by atoms with Gasteiger partial charge in [-0.15, -0.1) is 0 Å². The highest BCUT2D eigenvalue weighted by Gasteiger charge is 2.33. The Morgan fingerprint density at radius 2 is 1.95 bits per heavy atom. The molecule has 1 aliphatic rings. The molecule has 1 saturated carbocycles. The van der Waals surface area contributed by atoms with Crippen LogP contribution >= 0.6 is 0 Å². The molecule has 1 aliphatic carbocycles. The third kappa shape index (κ3) is 6.53. The fourth-order valence-electron chi connectivity index (χ4n) is 2.91. The molecule has 3 N–H and O–H groups in total. The molecule has 0 heterocycles. The highest BCUT2D eigenvalue weighted by molar-refractivity contribution is 5.79. The maximum atomic E-state index is 9.35. The van der Waals surface area contributed by atoms with Gasteiger partial charge in [0.2, 0.25) is 0 Å². The van der Waals surface area contributed by atoms with E-state index in [1.54, 1.807) is 7.11 Å². The number of nitrogens with zero attached hydrogens (tertiary/aromatic N) is 1. The zero-order chi connectivity index (χ0) is 16.5. The molecule has 0 aromatic heterocycles. The number of aliphatic imine (C=N–C) groups is 1. The molecule has 0 aliphatic heterocycles. The van der Waals surface area contributed by atoms with Crippen LogP contribution in [0.2, 0.25) is 0 Å². The Balaban J connectivity index is 2.59. The average molecular weight is 313 g/mol. The van der Waals surface area contributed by atoms with Crippen molar-refractivity contribution in [3.05, 3.63) is 0 Å². The van der Waals surface area contributed by atoms with Crippen molar-refractivity contribution in [2.75, 3.05) is 40.0 Å². The van der Waals surface area contributed by atoms with E-state index in [0.29, 0.717) is 12.0 Å². The van der Waals surface area contributed by atoms with Crippen LogP contribution in [0.3, 0.4) is 0 Å². The molecule has 1 rings (SSSR count). The van der Waals surface area contributed by atoms with Crippen LogP contribution in [0, 0.1) is 10.8 Å². The van der Waals surface area contributed by atoms with E-state index in [2.05, 4.69) is 22.5 Å². The fraction of sp³-hybridized carbons (Fsp3) is 0.941. The van der Waals surface area contributed by atoms with Crippen molar-refractivity contribution in [2.24, 2.45) is 15.8 Å². The smallest absolute Gasteiger partial charge is 0.191 e. The summed E-state index contributed by atoms with van der Waals surface area (Å²) in [6, 6.07) is 0. The van der Waals surface area contributed by atoms with E-state index in [0.717, 1.165) is 32.1 Å². The number of hydrogen-bond donors (Lipinski definition) is 3. The summed E-state index contributed by atoms with van der Waals surface area (Å²) < 4.78 is 5.29. The molecule has 0 unspecified atom stereocenters. The van der Waals surface area contributed by atoms with E-state index < -0.39 is 0 Å². The first kappa shape index (κ1) is 19.2. The molecular weight excluding hydrogens is 278 g/mol. The molecule has 130 valence electrons. The van der Waals surface area contributed by atoms with E-state index >= 15 is 0 Å². The number of aliphatic hydroxyl groups is 1. The largest absolute Gasteiger partial charge is 0.396 e. The Labute approximate surface area is 135 Å². The molecular formula is C17H35N3O2. The van der Waals surface area contributed by atoms with Crippen molar-refractivity contribution >= 4 is 5.96 Å². The minimum absolute atomic E-state index is 0.147. The minimum atomic E-state index is -0.177. The van der Waals surface area contributed by atoms with Gasteiger partial charge in [-0.2, -0.15) is 0 Å². The van der Waals surface area contributed by atoms with Gasteiger partial charge in [0.15, 0.2) is 5.96 Å². The lowest BCUT2D eigenvalue weighted by molar-refractivity contribution is 0.138. The van der Waals surface area contributed by atoms with Gasteiger partial charge in [-0.3, -0.25) is 4.99 Å². The normalized spacial score (nSPS) is 18.5. The van der Waals surface area contributed by atoms with Gasteiger partial charge in [-0.25, -0.2) is 0 Å². The summed E-state index contributed by atoms with van der Waals surface area (Å²) in [6.45, 7) is 9.50. The lowest BCUT2D eigenvalue weighted by Crippen LogP contribution is -2.44. The highest BCUT2D eigenvalue weighted by atomic mass is 16.5.